The summed E-state index contributed by atoms with van der Waals surface area (Å²) >= 11 is 0. The van der Waals surface area contributed by atoms with Gasteiger partial charge in [-0.2, -0.15) is 4.98 Å². The Hall–Kier alpha value is -3.68. The Morgan fingerprint density at radius 1 is 1.15 bits per heavy atom. The van der Waals surface area contributed by atoms with Crippen molar-refractivity contribution in [2.75, 3.05) is 5.32 Å². The van der Waals surface area contributed by atoms with Crippen LogP contribution in [0.1, 0.15) is 16.1 Å². The summed E-state index contributed by atoms with van der Waals surface area (Å²) in [6, 6.07) is 9.18. The van der Waals surface area contributed by atoms with Crippen LogP contribution in [0.2, 0.25) is 0 Å². The number of fused-ring (bicyclic) bond motifs is 1. The highest BCUT2D eigenvalue weighted by molar-refractivity contribution is 6.04. The molecule has 0 aliphatic rings. The minimum absolute atomic E-state index is 0.351. The van der Waals surface area contributed by atoms with Gasteiger partial charge in [-0.05, 0) is 43.3 Å². The summed E-state index contributed by atoms with van der Waals surface area (Å²) in [7, 11) is 0. The number of rotatable bonds is 3. The summed E-state index contributed by atoms with van der Waals surface area (Å²) in [5.41, 5.74) is 2.20. The average molecular weight is 348 g/mol. The van der Waals surface area contributed by atoms with Crippen LogP contribution in [0.15, 0.2) is 55.0 Å². The van der Waals surface area contributed by atoms with Gasteiger partial charge in [-0.1, -0.05) is 0 Å². The third kappa shape index (κ3) is 2.88. The lowest BCUT2D eigenvalue weighted by molar-refractivity contribution is 0.102. The molecular formula is C18H13FN6O. The van der Waals surface area contributed by atoms with Gasteiger partial charge in [-0.15, -0.1) is 5.10 Å². The predicted octanol–water partition coefficient (Wildman–Crippen LogP) is 2.89. The van der Waals surface area contributed by atoms with Gasteiger partial charge in [0.15, 0.2) is 5.82 Å². The highest BCUT2D eigenvalue weighted by atomic mass is 19.1. The Kier molecular flexibility index (Phi) is 3.85. The van der Waals surface area contributed by atoms with E-state index in [2.05, 4.69) is 25.4 Å². The number of pyridine rings is 1. The minimum Gasteiger partial charge on any atom is -0.322 e. The van der Waals surface area contributed by atoms with Crippen molar-refractivity contribution in [2.24, 2.45) is 0 Å². The van der Waals surface area contributed by atoms with Gasteiger partial charge in [0.2, 0.25) is 0 Å². The number of nitrogens with one attached hydrogen (secondary N) is 1. The minimum atomic E-state index is -0.368. The van der Waals surface area contributed by atoms with Crippen molar-refractivity contribution in [3.8, 4) is 11.4 Å². The SMILES string of the molecule is Cc1c(C(=O)Nc2ccc(F)cc2)cnc2nc(-c3cccnc3)nn12. The smallest absolute Gasteiger partial charge is 0.259 e. The maximum absolute atomic E-state index is 13.0. The first-order valence-electron chi connectivity index (χ1n) is 7.81. The molecule has 1 N–H and O–H groups in total. The molecule has 0 aliphatic carbocycles. The summed E-state index contributed by atoms with van der Waals surface area (Å²) in [5, 5.41) is 7.13. The molecule has 4 aromatic rings. The first-order valence-corrected chi connectivity index (χ1v) is 7.81. The lowest BCUT2D eigenvalue weighted by Gasteiger charge is -2.08. The Balaban J connectivity index is 1.69. The monoisotopic (exact) mass is 348 g/mol. The number of carbonyl (C=O) groups excluding carboxylic acids is 1. The lowest BCUT2D eigenvalue weighted by atomic mass is 10.2. The van der Waals surface area contributed by atoms with E-state index >= 15 is 0 Å². The number of aryl methyl sites for hydroxylation is 1. The van der Waals surface area contributed by atoms with E-state index in [1.165, 1.54) is 35.0 Å². The Labute approximate surface area is 147 Å². The topological polar surface area (TPSA) is 85.1 Å². The van der Waals surface area contributed by atoms with E-state index in [0.717, 1.165) is 5.56 Å². The molecular weight excluding hydrogens is 335 g/mol. The molecule has 0 atom stereocenters. The number of nitrogens with zero attached hydrogens (tertiary/aromatic N) is 5. The van der Waals surface area contributed by atoms with Crippen LogP contribution in [-0.4, -0.2) is 30.5 Å². The molecule has 26 heavy (non-hydrogen) atoms. The highest BCUT2D eigenvalue weighted by Gasteiger charge is 2.16. The van der Waals surface area contributed by atoms with Gasteiger partial charge in [-0.25, -0.2) is 13.9 Å². The summed E-state index contributed by atoms with van der Waals surface area (Å²) in [4.78, 5) is 25.2. The van der Waals surface area contributed by atoms with Crippen LogP contribution in [0.3, 0.4) is 0 Å². The van der Waals surface area contributed by atoms with E-state index in [1.807, 2.05) is 6.07 Å². The summed E-state index contributed by atoms with van der Waals surface area (Å²) < 4.78 is 14.5. The zero-order chi connectivity index (χ0) is 18.1. The number of anilines is 1. The second kappa shape index (κ2) is 6.32. The molecule has 0 unspecified atom stereocenters. The van der Waals surface area contributed by atoms with Crippen LogP contribution in [0.25, 0.3) is 17.2 Å². The number of benzene rings is 1. The van der Waals surface area contributed by atoms with Gasteiger partial charge >= 0.3 is 0 Å². The predicted molar refractivity (Wildman–Crippen MR) is 93.1 cm³/mol. The van der Waals surface area contributed by atoms with Crippen molar-refractivity contribution in [3.63, 3.8) is 0 Å². The second-order valence-electron chi connectivity index (χ2n) is 5.61. The first-order chi connectivity index (χ1) is 12.6. The van der Waals surface area contributed by atoms with Crippen molar-refractivity contribution in [1.29, 1.82) is 0 Å². The number of amides is 1. The Bertz CT molecular complexity index is 1090. The van der Waals surface area contributed by atoms with Crippen LogP contribution in [-0.2, 0) is 0 Å². The van der Waals surface area contributed by atoms with Gasteiger partial charge in [0.25, 0.3) is 11.7 Å². The van der Waals surface area contributed by atoms with Crippen LogP contribution >= 0.6 is 0 Å². The Morgan fingerprint density at radius 3 is 2.69 bits per heavy atom. The Morgan fingerprint density at radius 2 is 1.96 bits per heavy atom. The molecule has 0 saturated carbocycles. The molecule has 1 aromatic carbocycles. The van der Waals surface area contributed by atoms with Crippen molar-refractivity contribution in [3.05, 3.63) is 72.1 Å². The summed E-state index contributed by atoms with van der Waals surface area (Å²) in [5.74, 6) is 0.138. The van der Waals surface area contributed by atoms with Crippen LogP contribution in [0.4, 0.5) is 10.1 Å². The molecule has 0 bridgehead atoms. The molecule has 0 radical (unpaired) electrons. The van der Waals surface area contributed by atoms with Crippen molar-refractivity contribution >= 4 is 17.4 Å². The number of carbonyl (C=O) groups is 1. The quantitative estimate of drug-likeness (QED) is 0.615. The average Bonchev–Trinajstić information content (AvgIpc) is 3.10. The van der Waals surface area contributed by atoms with Crippen molar-refractivity contribution in [1.82, 2.24) is 24.6 Å². The molecule has 3 aromatic heterocycles. The molecule has 0 aliphatic heterocycles. The molecule has 8 heteroatoms. The zero-order valence-corrected chi connectivity index (χ0v) is 13.7. The third-order valence-electron chi connectivity index (χ3n) is 3.87. The second-order valence-corrected chi connectivity index (χ2v) is 5.61. The summed E-state index contributed by atoms with van der Waals surface area (Å²) in [6.07, 6.45) is 4.78. The number of hydrogen-bond donors (Lipinski definition) is 1. The van der Waals surface area contributed by atoms with E-state index in [9.17, 15) is 9.18 Å². The van der Waals surface area contributed by atoms with E-state index in [1.54, 1.807) is 25.4 Å². The molecule has 3 heterocycles. The van der Waals surface area contributed by atoms with Gasteiger partial charge in [0, 0.05) is 29.8 Å². The number of aromatic nitrogens is 5. The fourth-order valence-electron chi connectivity index (χ4n) is 2.51. The number of hydrogen-bond acceptors (Lipinski definition) is 5. The molecule has 0 saturated heterocycles. The fraction of sp³-hybridized carbons (Fsp3) is 0.0556. The first kappa shape index (κ1) is 15.8. The van der Waals surface area contributed by atoms with Crippen molar-refractivity contribution < 1.29 is 9.18 Å². The maximum Gasteiger partial charge on any atom is 0.259 e. The molecule has 4 rings (SSSR count). The number of halogens is 1. The van der Waals surface area contributed by atoms with Crippen molar-refractivity contribution in [2.45, 2.75) is 6.92 Å². The van der Waals surface area contributed by atoms with Gasteiger partial charge in [0.1, 0.15) is 5.82 Å². The van der Waals surface area contributed by atoms with E-state index in [-0.39, 0.29) is 11.7 Å². The maximum atomic E-state index is 13.0. The van der Waals surface area contributed by atoms with Crippen LogP contribution < -0.4 is 5.32 Å². The molecule has 0 fully saturated rings. The van der Waals surface area contributed by atoms with Gasteiger partial charge < -0.3 is 5.32 Å². The molecule has 0 spiro atoms. The van der Waals surface area contributed by atoms with Crippen LogP contribution in [0.5, 0.6) is 0 Å². The van der Waals surface area contributed by atoms with Gasteiger partial charge in [0.05, 0.1) is 11.3 Å². The zero-order valence-electron chi connectivity index (χ0n) is 13.7. The lowest BCUT2D eigenvalue weighted by Crippen LogP contribution is -2.16. The van der Waals surface area contributed by atoms with E-state index < -0.39 is 0 Å². The third-order valence-corrected chi connectivity index (χ3v) is 3.87. The van der Waals surface area contributed by atoms with E-state index in [4.69, 9.17) is 0 Å². The summed E-state index contributed by atoms with van der Waals surface area (Å²) in [6.45, 7) is 1.76. The molecule has 7 nitrogen and oxygen atoms in total. The largest absolute Gasteiger partial charge is 0.322 e. The van der Waals surface area contributed by atoms with Gasteiger partial charge in [-0.3, -0.25) is 9.78 Å². The van der Waals surface area contributed by atoms with E-state index in [0.29, 0.717) is 28.5 Å². The van der Waals surface area contributed by atoms with Crippen LogP contribution in [0, 0.1) is 12.7 Å². The standard InChI is InChI=1S/C18H13FN6O/c1-11-15(17(26)22-14-6-4-13(19)5-7-14)10-21-18-23-16(24-25(11)18)12-3-2-8-20-9-12/h2-10H,1H3,(H,22,26). The molecule has 1 amide bonds. The molecule has 128 valence electrons. The normalized spacial score (nSPS) is 10.8. The fourth-order valence-corrected chi connectivity index (χ4v) is 2.51. The highest BCUT2D eigenvalue weighted by Crippen LogP contribution is 2.17.